The Hall–Kier alpha value is -0.900. The van der Waals surface area contributed by atoms with Crippen molar-refractivity contribution in [3.05, 3.63) is 0 Å². The number of amides is 2. The first kappa shape index (κ1) is 8.20. The van der Waals surface area contributed by atoms with Gasteiger partial charge in [-0.1, -0.05) is 0 Å². The Bertz CT molecular complexity index is 198. The molecule has 2 amide bonds. The van der Waals surface area contributed by atoms with Gasteiger partial charge in [-0.25, -0.2) is 0 Å². The van der Waals surface area contributed by atoms with Gasteiger partial charge in [-0.2, -0.15) is 0 Å². The normalized spacial score (nSPS) is 32.9. The molecule has 1 unspecified atom stereocenters. The average molecular weight is 157 g/mol. The summed E-state index contributed by atoms with van der Waals surface area (Å²) >= 11 is 0. The lowest BCUT2D eigenvalue weighted by molar-refractivity contribution is -0.141. The predicted molar refractivity (Wildman–Crippen MR) is 37.6 cm³/mol. The second-order valence-electron chi connectivity index (χ2n) is 3.00. The molecule has 0 aromatic rings. The maximum absolute atomic E-state index is 11.0. The third-order valence-electron chi connectivity index (χ3n) is 1.81. The van der Waals surface area contributed by atoms with E-state index in [4.69, 9.17) is 0 Å². The predicted octanol–water partition coefficient (Wildman–Crippen LogP) is -0.436. The highest BCUT2D eigenvalue weighted by Crippen LogP contribution is 2.16. The van der Waals surface area contributed by atoms with Crippen LogP contribution >= 0.6 is 0 Å². The number of rotatable bonds is 0. The van der Waals surface area contributed by atoms with Crippen LogP contribution in [0.3, 0.4) is 0 Å². The van der Waals surface area contributed by atoms with E-state index in [2.05, 4.69) is 5.32 Å². The van der Waals surface area contributed by atoms with Crippen molar-refractivity contribution in [3.63, 3.8) is 0 Å². The molecule has 1 rings (SSSR count). The zero-order valence-corrected chi connectivity index (χ0v) is 6.39. The number of imide groups is 1. The Morgan fingerprint density at radius 3 is 2.82 bits per heavy atom. The molecule has 1 fully saturated rings. The molecule has 62 valence electrons. The summed E-state index contributed by atoms with van der Waals surface area (Å²) < 4.78 is 0. The number of hydrogen-bond donors (Lipinski definition) is 2. The zero-order valence-electron chi connectivity index (χ0n) is 6.39. The highest BCUT2D eigenvalue weighted by atomic mass is 16.3. The van der Waals surface area contributed by atoms with Crippen molar-refractivity contribution in [2.24, 2.45) is 0 Å². The second-order valence-corrected chi connectivity index (χ2v) is 3.00. The van der Waals surface area contributed by atoms with Crippen LogP contribution in [0.4, 0.5) is 0 Å². The molecule has 4 heteroatoms. The fourth-order valence-electron chi connectivity index (χ4n) is 1.03. The number of carbonyl (C=O) groups is 2. The number of nitrogens with one attached hydrogen (secondary N) is 1. The first-order valence-electron chi connectivity index (χ1n) is 3.59. The fourth-order valence-corrected chi connectivity index (χ4v) is 1.03. The quantitative estimate of drug-likeness (QED) is 0.469. The standard InChI is InChI=1S/C7H11NO3/c1-7(11)4-2-3-5(9)8-6(7)10/h11H,2-4H2,1H3,(H,8,9,10). The summed E-state index contributed by atoms with van der Waals surface area (Å²) in [4.78, 5) is 21.7. The first-order valence-corrected chi connectivity index (χ1v) is 3.59. The molecule has 0 aliphatic carbocycles. The minimum Gasteiger partial charge on any atom is -0.380 e. The van der Waals surface area contributed by atoms with Crippen LogP contribution in [0.25, 0.3) is 0 Å². The van der Waals surface area contributed by atoms with E-state index in [1.807, 2.05) is 0 Å². The minimum absolute atomic E-state index is 0.298. The third-order valence-corrected chi connectivity index (χ3v) is 1.81. The van der Waals surface area contributed by atoms with Crippen LogP contribution in [0.5, 0.6) is 0 Å². The molecule has 1 heterocycles. The van der Waals surface area contributed by atoms with E-state index in [1.165, 1.54) is 6.92 Å². The van der Waals surface area contributed by atoms with E-state index in [0.717, 1.165) is 0 Å². The zero-order chi connectivity index (χ0) is 8.48. The molecule has 0 radical (unpaired) electrons. The second kappa shape index (κ2) is 2.62. The van der Waals surface area contributed by atoms with Crippen molar-refractivity contribution in [1.29, 1.82) is 0 Å². The summed E-state index contributed by atoms with van der Waals surface area (Å²) in [5.41, 5.74) is -1.37. The summed E-state index contributed by atoms with van der Waals surface area (Å²) in [6, 6.07) is 0. The number of aliphatic hydroxyl groups is 1. The van der Waals surface area contributed by atoms with Crippen molar-refractivity contribution >= 4 is 11.8 Å². The highest BCUT2D eigenvalue weighted by molar-refractivity contribution is 5.99. The Balaban J connectivity index is 2.73. The van der Waals surface area contributed by atoms with Gasteiger partial charge in [0.15, 0.2) is 0 Å². The van der Waals surface area contributed by atoms with Crippen LogP contribution in [0.2, 0.25) is 0 Å². The fraction of sp³-hybridized carbons (Fsp3) is 0.714. The van der Waals surface area contributed by atoms with E-state index in [9.17, 15) is 14.7 Å². The summed E-state index contributed by atoms with van der Waals surface area (Å²) in [6.07, 6.45) is 1.23. The topological polar surface area (TPSA) is 66.4 Å². The van der Waals surface area contributed by atoms with Gasteiger partial charge in [0, 0.05) is 6.42 Å². The van der Waals surface area contributed by atoms with Crippen molar-refractivity contribution in [2.45, 2.75) is 31.8 Å². The van der Waals surface area contributed by atoms with Crippen LogP contribution < -0.4 is 5.32 Å². The van der Waals surface area contributed by atoms with Crippen molar-refractivity contribution in [2.75, 3.05) is 0 Å². The van der Waals surface area contributed by atoms with Gasteiger partial charge < -0.3 is 5.11 Å². The van der Waals surface area contributed by atoms with Gasteiger partial charge >= 0.3 is 0 Å². The van der Waals surface area contributed by atoms with E-state index in [-0.39, 0.29) is 5.91 Å². The highest BCUT2D eigenvalue weighted by Gasteiger charge is 2.33. The molecule has 1 aliphatic rings. The average Bonchev–Trinajstić information content (AvgIpc) is 1.94. The van der Waals surface area contributed by atoms with Crippen LogP contribution in [-0.4, -0.2) is 22.5 Å². The van der Waals surface area contributed by atoms with Crippen molar-refractivity contribution < 1.29 is 14.7 Å². The van der Waals surface area contributed by atoms with Gasteiger partial charge in [-0.3, -0.25) is 14.9 Å². The SMILES string of the molecule is CC1(O)CCCC(=O)NC1=O. The molecule has 0 aromatic heterocycles. The summed E-state index contributed by atoms with van der Waals surface area (Å²) in [5, 5.41) is 11.5. The van der Waals surface area contributed by atoms with E-state index in [0.29, 0.717) is 19.3 Å². The molecule has 0 bridgehead atoms. The maximum atomic E-state index is 11.0. The smallest absolute Gasteiger partial charge is 0.258 e. The molecular weight excluding hydrogens is 146 g/mol. The third kappa shape index (κ3) is 1.77. The van der Waals surface area contributed by atoms with E-state index in [1.54, 1.807) is 0 Å². The Labute approximate surface area is 64.6 Å². The van der Waals surface area contributed by atoms with Gasteiger partial charge in [0.2, 0.25) is 5.91 Å². The molecule has 1 saturated heterocycles. The van der Waals surface area contributed by atoms with Crippen molar-refractivity contribution in [1.82, 2.24) is 5.32 Å². The lowest BCUT2D eigenvalue weighted by Gasteiger charge is -2.17. The van der Waals surface area contributed by atoms with Gasteiger partial charge in [-0.05, 0) is 19.8 Å². The van der Waals surface area contributed by atoms with Gasteiger partial charge in [0.05, 0.1) is 0 Å². The Morgan fingerprint density at radius 1 is 1.55 bits per heavy atom. The summed E-state index contributed by atoms with van der Waals surface area (Å²) in [7, 11) is 0. The van der Waals surface area contributed by atoms with E-state index >= 15 is 0 Å². The number of carbonyl (C=O) groups excluding carboxylic acids is 2. The molecule has 0 saturated carbocycles. The molecule has 0 aromatic carbocycles. The molecular formula is C7H11NO3. The Morgan fingerprint density at radius 2 is 2.18 bits per heavy atom. The maximum Gasteiger partial charge on any atom is 0.258 e. The van der Waals surface area contributed by atoms with Crippen LogP contribution in [0.15, 0.2) is 0 Å². The van der Waals surface area contributed by atoms with Crippen LogP contribution in [0.1, 0.15) is 26.2 Å². The van der Waals surface area contributed by atoms with E-state index < -0.39 is 11.5 Å². The first-order chi connectivity index (χ1) is 5.02. The number of hydrogen-bond acceptors (Lipinski definition) is 3. The molecule has 11 heavy (non-hydrogen) atoms. The largest absolute Gasteiger partial charge is 0.380 e. The molecule has 1 aliphatic heterocycles. The molecule has 0 spiro atoms. The molecule has 4 nitrogen and oxygen atoms in total. The lowest BCUT2D eigenvalue weighted by Crippen LogP contribution is -2.44. The lowest BCUT2D eigenvalue weighted by atomic mass is 10.0. The minimum atomic E-state index is -1.37. The van der Waals surface area contributed by atoms with Gasteiger partial charge in [-0.15, -0.1) is 0 Å². The Kier molecular flexibility index (Phi) is 1.95. The monoisotopic (exact) mass is 157 g/mol. The van der Waals surface area contributed by atoms with Gasteiger partial charge in [0.1, 0.15) is 5.60 Å². The van der Waals surface area contributed by atoms with Crippen LogP contribution in [0, 0.1) is 0 Å². The van der Waals surface area contributed by atoms with Crippen LogP contribution in [-0.2, 0) is 9.59 Å². The molecule has 1 atom stereocenters. The summed E-state index contributed by atoms with van der Waals surface area (Å²) in [6.45, 7) is 1.42. The summed E-state index contributed by atoms with van der Waals surface area (Å²) in [5.74, 6) is -0.882. The molecule has 2 N–H and O–H groups in total. The van der Waals surface area contributed by atoms with Gasteiger partial charge in [0.25, 0.3) is 5.91 Å². The van der Waals surface area contributed by atoms with Crippen molar-refractivity contribution in [3.8, 4) is 0 Å².